The molecule has 7 heteroatoms. The second kappa shape index (κ2) is 7.86. The molecular formula is C20H22N4OS2. The molecule has 0 aliphatic heterocycles. The van der Waals surface area contributed by atoms with Crippen LogP contribution in [0.15, 0.2) is 46.9 Å². The number of amides is 1. The summed E-state index contributed by atoms with van der Waals surface area (Å²) in [7, 11) is 0. The van der Waals surface area contributed by atoms with Gasteiger partial charge in [-0.1, -0.05) is 30.0 Å². The molecule has 0 radical (unpaired) electrons. The van der Waals surface area contributed by atoms with Crippen LogP contribution in [0.1, 0.15) is 42.1 Å². The van der Waals surface area contributed by atoms with Crippen molar-refractivity contribution in [2.75, 3.05) is 5.32 Å². The molecule has 1 aromatic carbocycles. The molecule has 1 N–H and O–H groups in total. The van der Waals surface area contributed by atoms with Crippen LogP contribution in [0.25, 0.3) is 0 Å². The average Bonchev–Trinajstić information content (AvgIpc) is 3.19. The average molecular weight is 399 g/mol. The zero-order valence-corrected chi connectivity index (χ0v) is 17.0. The molecule has 0 spiro atoms. The molecule has 3 aromatic rings. The molecule has 2 heterocycles. The minimum atomic E-state index is -0.248. The van der Waals surface area contributed by atoms with Crippen LogP contribution in [-0.2, 0) is 11.2 Å². The first-order valence-electron chi connectivity index (χ1n) is 9.10. The first kappa shape index (κ1) is 18.3. The molecule has 0 bridgehead atoms. The molecule has 1 fully saturated rings. The second-order valence-electron chi connectivity index (χ2n) is 6.87. The van der Waals surface area contributed by atoms with E-state index >= 15 is 0 Å². The number of nitrogens with one attached hydrogen (secondary N) is 1. The first-order valence-corrected chi connectivity index (χ1v) is 10.9. The fraction of sp³-hybridized carbons (Fsp3) is 0.350. The summed E-state index contributed by atoms with van der Waals surface area (Å²) in [6.07, 6.45) is 3.12. The van der Waals surface area contributed by atoms with Crippen molar-refractivity contribution in [2.24, 2.45) is 0 Å². The highest BCUT2D eigenvalue weighted by molar-refractivity contribution is 8.00. The molecule has 0 saturated heterocycles. The van der Waals surface area contributed by atoms with Crippen molar-refractivity contribution in [3.8, 4) is 0 Å². The summed E-state index contributed by atoms with van der Waals surface area (Å²) >= 11 is 3.22. The van der Waals surface area contributed by atoms with E-state index in [2.05, 4.69) is 37.6 Å². The van der Waals surface area contributed by atoms with Crippen LogP contribution >= 0.6 is 23.1 Å². The van der Waals surface area contributed by atoms with Crippen LogP contribution < -0.4 is 5.32 Å². The largest absolute Gasteiger partial charge is 0.325 e. The van der Waals surface area contributed by atoms with Gasteiger partial charge in [-0.2, -0.15) is 0 Å². The number of aryl methyl sites for hydroxylation is 1. The summed E-state index contributed by atoms with van der Waals surface area (Å²) in [5, 5.41) is 14.5. The maximum atomic E-state index is 12.6. The smallest absolute Gasteiger partial charge is 0.237 e. The van der Waals surface area contributed by atoms with Gasteiger partial charge in [0.25, 0.3) is 0 Å². The van der Waals surface area contributed by atoms with Gasteiger partial charge in [0, 0.05) is 23.0 Å². The number of rotatable bonds is 7. The van der Waals surface area contributed by atoms with Gasteiger partial charge >= 0.3 is 0 Å². The van der Waals surface area contributed by atoms with E-state index in [1.807, 2.05) is 38.1 Å². The third-order valence-corrected chi connectivity index (χ3v) is 6.43. The Bertz CT molecular complexity index is 931. The molecule has 140 valence electrons. The van der Waals surface area contributed by atoms with Crippen LogP contribution in [0.2, 0.25) is 0 Å². The van der Waals surface area contributed by atoms with Gasteiger partial charge in [-0.25, -0.2) is 0 Å². The molecule has 4 rings (SSSR count). The molecule has 1 atom stereocenters. The Hall–Kier alpha value is -2.12. The number of aromatic nitrogens is 3. The van der Waals surface area contributed by atoms with E-state index in [1.54, 1.807) is 11.3 Å². The fourth-order valence-corrected chi connectivity index (χ4v) is 4.59. The number of benzene rings is 1. The van der Waals surface area contributed by atoms with Crippen molar-refractivity contribution in [3.05, 3.63) is 58.0 Å². The number of anilines is 1. The third kappa shape index (κ3) is 4.42. The van der Waals surface area contributed by atoms with Crippen molar-refractivity contribution >= 4 is 34.7 Å². The van der Waals surface area contributed by atoms with Gasteiger partial charge in [0.05, 0.1) is 5.25 Å². The lowest BCUT2D eigenvalue weighted by molar-refractivity contribution is -0.115. The topological polar surface area (TPSA) is 59.8 Å². The van der Waals surface area contributed by atoms with Gasteiger partial charge in [0.1, 0.15) is 5.82 Å². The van der Waals surface area contributed by atoms with E-state index in [-0.39, 0.29) is 11.2 Å². The Balaban J connectivity index is 1.46. The van der Waals surface area contributed by atoms with Gasteiger partial charge in [0.2, 0.25) is 5.91 Å². The zero-order chi connectivity index (χ0) is 18.8. The van der Waals surface area contributed by atoms with Gasteiger partial charge in [-0.15, -0.1) is 21.5 Å². The second-order valence-corrected chi connectivity index (χ2v) is 9.22. The standard InChI is InChI=1S/C20H22N4OS2/c1-13-5-3-6-15(11-13)21-19(25)14(2)27-20-23-22-18(24(20)16-8-9-16)12-17-7-4-10-26-17/h3-7,10-11,14,16H,8-9,12H2,1-2H3,(H,21,25). The number of nitrogens with zero attached hydrogens (tertiary/aromatic N) is 3. The summed E-state index contributed by atoms with van der Waals surface area (Å²) in [4.78, 5) is 13.9. The predicted octanol–water partition coefficient (Wildman–Crippen LogP) is 4.69. The van der Waals surface area contributed by atoms with Crippen LogP contribution in [0.3, 0.4) is 0 Å². The zero-order valence-electron chi connectivity index (χ0n) is 15.4. The van der Waals surface area contributed by atoms with E-state index < -0.39 is 0 Å². The number of hydrogen-bond acceptors (Lipinski definition) is 5. The number of hydrogen-bond donors (Lipinski definition) is 1. The van der Waals surface area contributed by atoms with Crippen molar-refractivity contribution in [3.63, 3.8) is 0 Å². The summed E-state index contributed by atoms with van der Waals surface area (Å²) in [5.74, 6) is 0.976. The monoisotopic (exact) mass is 398 g/mol. The van der Waals surface area contributed by atoms with Crippen LogP contribution in [0.4, 0.5) is 5.69 Å². The Morgan fingerprint density at radius 2 is 2.19 bits per heavy atom. The summed E-state index contributed by atoms with van der Waals surface area (Å²) in [6, 6.07) is 12.5. The highest BCUT2D eigenvalue weighted by Gasteiger charge is 2.31. The Kier molecular flexibility index (Phi) is 5.31. The van der Waals surface area contributed by atoms with E-state index in [0.717, 1.165) is 41.5 Å². The van der Waals surface area contributed by atoms with Crippen LogP contribution in [0, 0.1) is 6.92 Å². The molecule has 1 aliphatic rings. The molecule has 1 amide bonds. The van der Waals surface area contributed by atoms with Crippen molar-refractivity contribution in [2.45, 2.75) is 49.6 Å². The highest BCUT2D eigenvalue weighted by Crippen LogP contribution is 2.40. The minimum absolute atomic E-state index is 0.0178. The van der Waals surface area contributed by atoms with E-state index in [4.69, 9.17) is 0 Å². The SMILES string of the molecule is Cc1cccc(NC(=O)C(C)Sc2nnc(Cc3cccs3)n2C2CC2)c1. The number of carbonyl (C=O) groups is 1. The van der Waals surface area contributed by atoms with Gasteiger partial charge in [-0.3, -0.25) is 4.79 Å². The maximum Gasteiger partial charge on any atom is 0.237 e. The van der Waals surface area contributed by atoms with Crippen molar-refractivity contribution in [1.29, 1.82) is 0 Å². The van der Waals surface area contributed by atoms with Crippen LogP contribution in [0.5, 0.6) is 0 Å². The van der Waals surface area contributed by atoms with E-state index in [1.165, 1.54) is 16.6 Å². The quantitative estimate of drug-likeness (QED) is 0.587. The molecule has 1 unspecified atom stereocenters. The summed E-state index contributed by atoms with van der Waals surface area (Å²) in [6.45, 7) is 3.93. The van der Waals surface area contributed by atoms with Gasteiger partial charge < -0.3 is 9.88 Å². The molecule has 5 nitrogen and oxygen atoms in total. The Morgan fingerprint density at radius 1 is 1.33 bits per heavy atom. The van der Waals surface area contributed by atoms with E-state index in [9.17, 15) is 4.79 Å². The number of thioether (sulfide) groups is 1. The minimum Gasteiger partial charge on any atom is -0.325 e. The third-order valence-electron chi connectivity index (χ3n) is 4.50. The fourth-order valence-electron chi connectivity index (χ4n) is 2.96. The Morgan fingerprint density at radius 3 is 2.89 bits per heavy atom. The Labute approximate surface area is 167 Å². The van der Waals surface area contributed by atoms with Crippen molar-refractivity contribution in [1.82, 2.24) is 14.8 Å². The number of carbonyl (C=O) groups excluding carboxylic acids is 1. The molecule has 1 aliphatic carbocycles. The molecule has 1 saturated carbocycles. The molecular weight excluding hydrogens is 376 g/mol. The van der Waals surface area contributed by atoms with Gasteiger partial charge in [-0.05, 0) is 55.8 Å². The summed E-state index contributed by atoms with van der Waals surface area (Å²) in [5.41, 5.74) is 1.95. The molecule has 2 aromatic heterocycles. The molecule has 27 heavy (non-hydrogen) atoms. The van der Waals surface area contributed by atoms with Crippen molar-refractivity contribution < 1.29 is 4.79 Å². The predicted molar refractivity (Wildman–Crippen MR) is 111 cm³/mol. The first-order chi connectivity index (χ1) is 13.1. The normalized spacial score (nSPS) is 14.9. The highest BCUT2D eigenvalue weighted by atomic mass is 32.2. The van der Waals surface area contributed by atoms with Crippen LogP contribution in [-0.4, -0.2) is 25.9 Å². The lowest BCUT2D eigenvalue weighted by Crippen LogP contribution is -2.23. The van der Waals surface area contributed by atoms with Gasteiger partial charge in [0.15, 0.2) is 5.16 Å². The lowest BCUT2D eigenvalue weighted by Gasteiger charge is -2.13. The number of thiophene rings is 1. The lowest BCUT2D eigenvalue weighted by atomic mass is 10.2. The maximum absolute atomic E-state index is 12.6. The summed E-state index contributed by atoms with van der Waals surface area (Å²) < 4.78 is 2.24. The van der Waals surface area contributed by atoms with E-state index in [0.29, 0.717) is 6.04 Å².